The molecule has 2 aliphatic rings. The zero-order chi connectivity index (χ0) is 20.5. The molecule has 1 aromatic carbocycles. The molecular formula is C21H28N2O5. The highest BCUT2D eigenvalue weighted by atomic mass is 16.5. The van der Waals surface area contributed by atoms with Crippen molar-refractivity contribution < 1.29 is 24.2 Å². The number of benzene rings is 1. The van der Waals surface area contributed by atoms with Gasteiger partial charge in [0.2, 0.25) is 11.8 Å². The second kappa shape index (κ2) is 7.54. The Labute approximate surface area is 165 Å². The lowest BCUT2D eigenvalue weighted by molar-refractivity contribution is -0.195. The summed E-state index contributed by atoms with van der Waals surface area (Å²) in [4.78, 5) is 38.9. The Bertz CT molecular complexity index is 763. The first-order valence-corrected chi connectivity index (χ1v) is 9.70. The number of carboxylic acid groups (broad SMARTS) is 1. The summed E-state index contributed by atoms with van der Waals surface area (Å²) >= 11 is 0. The van der Waals surface area contributed by atoms with E-state index in [0.29, 0.717) is 19.7 Å². The largest absolute Gasteiger partial charge is 0.479 e. The van der Waals surface area contributed by atoms with Gasteiger partial charge in [-0.1, -0.05) is 44.2 Å². The molecule has 28 heavy (non-hydrogen) atoms. The Hall–Kier alpha value is -2.41. The van der Waals surface area contributed by atoms with Crippen LogP contribution in [0, 0.1) is 11.3 Å². The summed E-state index contributed by atoms with van der Waals surface area (Å²) < 4.78 is 5.63. The molecule has 2 amide bonds. The van der Waals surface area contributed by atoms with Crippen LogP contribution < -0.4 is 5.32 Å². The number of hydrogen-bond acceptors (Lipinski definition) is 4. The lowest BCUT2D eigenvalue weighted by Gasteiger charge is -2.58. The molecular weight excluding hydrogens is 360 g/mol. The van der Waals surface area contributed by atoms with Crippen LogP contribution in [0.3, 0.4) is 0 Å². The van der Waals surface area contributed by atoms with Crippen molar-refractivity contribution in [1.29, 1.82) is 0 Å². The molecule has 152 valence electrons. The van der Waals surface area contributed by atoms with E-state index in [1.165, 1.54) is 0 Å². The third-order valence-corrected chi connectivity index (χ3v) is 6.27. The second-order valence-corrected chi connectivity index (χ2v) is 8.23. The van der Waals surface area contributed by atoms with E-state index in [1.807, 2.05) is 37.3 Å². The molecule has 3 rings (SSSR count). The molecule has 3 atom stereocenters. The normalized spacial score (nSPS) is 28.7. The summed E-state index contributed by atoms with van der Waals surface area (Å²) in [6.45, 7) is 6.69. The third kappa shape index (κ3) is 3.39. The lowest BCUT2D eigenvalue weighted by atomic mass is 9.54. The van der Waals surface area contributed by atoms with E-state index < -0.39 is 22.8 Å². The van der Waals surface area contributed by atoms with Crippen LogP contribution in [0.15, 0.2) is 30.3 Å². The number of ether oxygens (including phenoxy) is 1. The van der Waals surface area contributed by atoms with Crippen molar-refractivity contribution in [2.75, 3.05) is 13.2 Å². The molecule has 7 heteroatoms. The zero-order valence-corrected chi connectivity index (χ0v) is 16.6. The zero-order valence-electron chi connectivity index (χ0n) is 16.6. The van der Waals surface area contributed by atoms with Gasteiger partial charge >= 0.3 is 5.97 Å². The maximum Gasteiger partial charge on any atom is 0.330 e. The molecule has 1 saturated carbocycles. The average Bonchev–Trinajstić information content (AvgIpc) is 3.01. The number of hydrogen-bond donors (Lipinski definition) is 2. The summed E-state index contributed by atoms with van der Waals surface area (Å²) in [6, 6.07) is 9.59. The van der Waals surface area contributed by atoms with Gasteiger partial charge in [-0.05, 0) is 12.5 Å². The minimum Gasteiger partial charge on any atom is -0.479 e. The van der Waals surface area contributed by atoms with E-state index in [4.69, 9.17) is 4.74 Å². The Balaban J connectivity index is 1.67. The van der Waals surface area contributed by atoms with Crippen LogP contribution >= 0.6 is 0 Å². The van der Waals surface area contributed by atoms with Crippen LogP contribution in [0.25, 0.3) is 0 Å². The van der Waals surface area contributed by atoms with E-state index >= 15 is 0 Å². The first-order valence-electron chi connectivity index (χ1n) is 9.70. The molecule has 1 aromatic rings. The smallest absolute Gasteiger partial charge is 0.330 e. The van der Waals surface area contributed by atoms with Gasteiger partial charge in [-0.15, -0.1) is 0 Å². The van der Waals surface area contributed by atoms with Gasteiger partial charge in [0.05, 0.1) is 12.0 Å². The fraction of sp³-hybridized carbons (Fsp3) is 0.571. The van der Waals surface area contributed by atoms with Gasteiger partial charge in [0.25, 0.3) is 0 Å². The minimum atomic E-state index is -1.38. The van der Waals surface area contributed by atoms with E-state index in [1.54, 1.807) is 18.7 Å². The SMILES string of the molecule is CCOC1CC(NC(=O)C2CC(=O)N(Cc3ccccc3)C2)(C(=O)O)C1(C)C. The first kappa shape index (κ1) is 20.3. The van der Waals surface area contributed by atoms with Crippen LogP contribution in [-0.4, -0.2) is 52.6 Å². The molecule has 2 fully saturated rings. The molecule has 2 N–H and O–H groups in total. The van der Waals surface area contributed by atoms with Gasteiger partial charge < -0.3 is 20.1 Å². The predicted molar refractivity (Wildman–Crippen MR) is 102 cm³/mol. The molecule has 7 nitrogen and oxygen atoms in total. The predicted octanol–water partition coefficient (Wildman–Crippen LogP) is 1.81. The molecule has 1 heterocycles. The van der Waals surface area contributed by atoms with Crippen LogP contribution in [-0.2, 0) is 25.7 Å². The second-order valence-electron chi connectivity index (χ2n) is 8.23. The van der Waals surface area contributed by atoms with E-state index in [9.17, 15) is 19.5 Å². The van der Waals surface area contributed by atoms with Gasteiger partial charge in [-0.25, -0.2) is 4.79 Å². The lowest BCUT2D eigenvalue weighted by Crippen LogP contribution is -2.76. The fourth-order valence-electron chi connectivity index (χ4n) is 4.25. The number of rotatable bonds is 7. The van der Waals surface area contributed by atoms with Gasteiger partial charge in [-0.2, -0.15) is 0 Å². The first-order chi connectivity index (χ1) is 13.2. The van der Waals surface area contributed by atoms with Gasteiger partial charge in [0, 0.05) is 38.0 Å². The van der Waals surface area contributed by atoms with Crippen molar-refractivity contribution in [1.82, 2.24) is 10.2 Å². The van der Waals surface area contributed by atoms with Crippen molar-refractivity contribution in [3.63, 3.8) is 0 Å². The molecule has 1 saturated heterocycles. The van der Waals surface area contributed by atoms with E-state index in [-0.39, 0.29) is 30.8 Å². The number of nitrogens with one attached hydrogen (secondary N) is 1. The van der Waals surface area contributed by atoms with Crippen molar-refractivity contribution in [3.8, 4) is 0 Å². The number of carbonyl (C=O) groups is 3. The number of carboxylic acids is 1. The van der Waals surface area contributed by atoms with Crippen LogP contribution in [0.4, 0.5) is 0 Å². The van der Waals surface area contributed by atoms with Crippen molar-refractivity contribution in [2.24, 2.45) is 11.3 Å². The average molecular weight is 388 g/mol. The maximum atomic E-state index is 12.9. The van der Waals surface area contributed by atoms with Crippen molar-refractivity contribution >= 4 is 17.8 Å². The summed E-state index contributed by atoms with van der Waals surface area (Å²) in [5, 5.41) is 12.6. The molecule has 1 aliphatic carbocycles. The standard InChI is InChI=1S/C21H28N2O5/c1-4-28-16-11-21(19(26)27,20(16,2)3)22-18(25)15-10-17(24)23(13-15)12-14-8-6-5-7-9-14/h5-9,15-16H,4,10-13H2,1-3H3,(H,22,25)(H,26,27). The van der Waals surface area contributed by atoms with Crippen LogP contribution in [0.5, 0.6) is 0 Å². The van der Waals surface area contributed by atoms with E-state index in [0.717, 1.165) is 5.56 Å². The summed E-state index contributed by atoms with van der Waals surface area (Å²) in [5.74, 6) is -2.08. The molecule has 0 bridgehead atoms. The Morgan fingerprint density at radius 2 is 1.96 bits per heavy atom. The highest BCUT2D eigenvalue weighted by molar-refractivity contribution is 5.94. The quantitative estimate of drug-likeness (QED) is 0.743. The Morgan fingerprint density at radius 1 is 1.29 bits per heavy atom. The Kier molecular flexibility index (Phi) is 5.48. The maximum absolute atomic E-state index is 12.9. The minimum absolute atomic E-state index is 0.0894. The van der Waals surface area contributed by atoms with Crippen molar-refractivity contribution in [2.45, 2.75) is 51.8 Å². The van der Waals surface area contributed by atoms with Crippen molar-refractivity contribution in [3.05, 3.63) is 35.9 Å². The van der Waals surface area contributed by atoms with Gasteiger partial charge in [0.1, 0.15) is 5.54 Å². The number of amides is 2. The number of aliphatic carboxylic acids is 1. The van der Waals surface area contributed by atoms with Gasteiger partial charge in [-0.3, -0.25) is 9.59 Å². The third-order valence-electron chi connectivity index (χ3n) is 6.27. The highest BCUT2D eigenvalue weighted by Gasteiger charge is 2.66. The number of carbonyl (C=O) groups excluding carboxylic acids is 2. The van der Waals surface area contributed by atoms with Crippen LogP contribution in [0.1, 0.15) is 39.2 Å². The van der Waals surface area contributed by atoms with Crippen LogP contribution in [0.2, 0.25) is 0 Å². The molecule has 1 aliphatic heterocycles. The molecule has 0 aromatic heterocycles. The van der Waals surface area contributed by atoms with Gasteiger partial charge in [0.15, 0.2) is 0 Å². The fourth-order valence-corrected chi connectivity index (χ4v) is 4.25. The summed E-state index contributed by atoms with van der Waals surface area (Å²) in [5.41, 5.74) is -1.12. The monoisotopic (exact) mass is 388 g/mol. The number of likely N-dealkylation sites (tertiary alicyclic amines) is 1. The summed E-state index contributed by atoms with van der Waals surface area (Å²) in [6.07, 6.45) is 0.0983. The molecule has 0 radical (unpaired) electrons. The molecule has 0 spiro atoms. The topological polar surface area (TPSA) is 95.9 Å². The van der Waals surface area contributed by atoms with E-state index in [2.05, 4.69) is 5.32 Å². The highest BCUT2D eigenvalue weighted by Crippen LogP contribution is 2.51. The number of nitrogens with zero attached hydrogens (tertiary/aromatic N) is 1. The molecule has 3 unspecified atom stereocenters. The Morgan fingerprint density at radius 3 is 2.54 bits per heavy atom. The summed E-state index contributed by atoms with van der Waals surface area (Å²) in [7, 11) is 0.